The third-order valence-electron chi connectivity index (χ3n) is 2.70. The monoisotopic (exact) mass is 268 g/mol. The van der Waals surface area contributed by atoms with Crippen LogP contribution in [0.15, 0.2) is 0 Å². The van der Waals surface area contributed by atoms with Crippen molar-refractivity contribution in [2.75, 3.05) is 20.3 Å². The number of methoxy groups -OCH3 is 1. The van der Waals surface area contributed by atoms with Crippen LogP contribution in [-0.2, 0) is 9.53 Å². The van der Waals surface area contributed by atoms with Gasteiger partial charge in [-0.2, -0.15) is 0 Å². The van der Waals surface area contributed by atoms with E-state index in [1.807, 2.05) is 13.8 Å². The SMILES string of the molecule is CCC(C)C(N)C(=O)NCCC(O)COC.Cl. The summed E-state index contributed by atoms with van der Waals surface area (Å²) < 4.78 is 4.78. The van der Waals surface area contributed by atoms with Gasteiger partial charge in [0.05, 0.1) is 18.8 Å². The molecule has 5 nitrogen and oxygen atoms in total. The van der Waals surface area contributed by atoms with Crippen LogP contribution in [-0.4, -0.2) is 43.4 Å². The molecular formula is C11H25ClN2O3. The molecule has 0 rings (SSSR count). The minimum atomic E-state index is -0.537. The lowest BCUT2D eigenvalue weighted by Gasteiger charge is -2.18. The summed E-state index contributed by atoms with van der Waals surface area (Å²) in [5.74, 6) is 0.0165. The smallest absolute Gasteiger partial charge is 0.237 e. The highest BCUT2D eigenvalue weighted by Crippen LogP contribution is 2.04. The number of aliphatic hydroxyl groups is 1. The Bertz CT molecular complexity index is 205. The lowest BCUT2D eigenvalue weighted by atomic mass is 9.99. The third kappa shape index (κ3) is 8.37. The van der Waals surface area contributed by atoms with Crippen molar-refractivity contribution in [2.24, 2.45) is 11.7 Å². The number of carbonyl (C=O) groups is 1. The Labute approximate surface area is 110 Å². The Hall–Kier alpha value is -0.360. The van der Waals surface area contributed by atoms with Crippen LogP contribution in [0.4, 0.5) is 0 Å². The van der Waals surface area contributed by atoms with E-state index < -0.39 is 12.1 Å². The highest BCUT2D eigenvalue weighted by molar-refractivity contribution is 5.85. The molecule has 3 unspecified atom stereocenters. The molecule has 0 radical (unpaired) electrons. The normalized spacial score (nSPS) is 15.6. The number of amides is 1. The second-order valence-electron chi connectivity index (χ2n) is 4.10. The van der Waals surface area contributed by atoms with Crippen LogP contribution in [0.3, 0.4) is 0 Å². The number of halogens is 1. The first-order valence-corrected chi connectivity index (χ1v) is 5.73. The van der Waals surface area contributed by atoms with Crippen LogP contribution in [0.2, 0.25) is 0 Å². The van der Waals surface area contributed by atoms with Crippen molar-refractivity contribution in [1.29, 1.82) is 0 Å². The quantitative estimate of drug-likeness (QED) is 0.591. The Balaban J connectivity index is 0. The minimum Gasteiger partial charge on any atom is -0.391 e. The van der Waals surface area contributed by atoms with E-state index in [0.29, 0.717) is 13.0 Å². The maximum atomic E-state index is 11.5. The summed E-state index contributed by atoms with van der Waals surface area (Å²) in [7, 11) is 1.53. The van der Waals surface area contributed by atoms with Crippen LogP contribution in [0.1, 0.15) is 26.7 Å². The predicted molar refractivity (Wildman–Crippen MR) is 70.2 cm³/mol. The fourth-order valence-electron chi connectivity index (χ4n) is 1.27. The molecule has 3 atom stereocenters. The zero-order valence-corrected chi connectivity index (χ0v) is 11.6. The van der Waals surface area contributed by atoms with Crippen LogP contribution < -0.4 is 11.1 Å². The molecular weight excluding hydrogens is 244 g/mol. The van der Waals surface area contributed by atoms with Gasteiger partial charge in [0.15, 0.2) is 0 Å². The van der Waals surface area contributed by atoms with Gasteiger partial charge in [-0.25, -0.2) is 0 Å². The van der Waals surface area contributed by atoms with E-state index in [-0.39, 0.29) is 30.8 Å². The summed E-state index contributed by atoms with van der Waals surface area (Å²) in [6.07, 6.45) is 0.818. The van der Waals surface area contributed by atoms with E-state index in [4.69, 9.17) is 10.5 Å². The van der Waals surface area contributed by atoms with Gasteiger partial charge in [0.25, 0.3) is 0 Å². The largest absolute Gasteiger partial charge is 0.391 e. The Kier molecular flexibility index (Phi) is 12.0. The summed E-state index contributed by atoms with van der Waals surface area (Å²) in [6, 6.07) is -0.468. The maximum Gasteiger partial charge on any atom is 0.237 e. The molecule has 6 heteroatoms. The van der Waals surface area contributed by atoms with Crippen LogP contribution in [0.5, 0.6) is 0 Å². The number of nitrogens with one attached hydrogen (secondary N) is 1. The fourth-order valence-corrected chi connectivity index (χ4v) is 1.27. The van der Waals surface area contributed by atoms with Gasteiger partial charge < -0.3 is 20.9 Å². The van der Waals surface area contributed by atoms with Crippen molar-refractivity contribution < 1.29 is 14.6 Å². The Morgan fingerprint density at radius 1 is 1.53 bits per heavy atom. The fraction of sp³-hybridized carbons (Fsp3) is 0.909. The van der Waals surface area contributed by atoms with Crippen molar-refractivity contribution in [3.8, 4) is 0 Å². The lowest BCUT2D eigenvalue weighted by molar-refractivity contribution is -0.123. The molecule has 0 aromatic carbocycles. The number of aliphatic hydroxyl groups excluding tert-OH is 1. The summed E-state index contributed by atoms with van der Waals surface area (Å²) in [6.45, 7) is 4.66. The first kappa shape index (κ1) is 19.0. The molecule has 0 aliphatic carbocycles. The molecule has 4 N–H and O–H groups in total. The minimum absolute atomic E-state index is 0. The highest BCUT2D eigenvalue weighted by atomic mass is 35.5. The third-order valence-corrected chi connectivity index (χ3v) is 2.70. The van der Waals surface area contributed by atoms with Gasteiger partial charge in [-0.05, 0) is 12.3 Å². The topological polar surface area (TPSA) is 84.6 Å². The zero-order valence-electron chi connectivity index (χ0n) is 10.8. The molecule has 0 saturated carbocycles. The molecule has 0 spiro atoms. The molecule has 0 aromatic heterocycles. The molecule has 0 aliphatic heterocycles. The first-order chi connectivity index (χ1) is 7.52. The summed E-state index contributed by atoms with van der Waals surface area (Å²) >= 11 is 0. The standard InChI is InChI=1S/C11H24N2O3.ClH/c1-4-8(2)10(12)11(15)13-6-5-9(14)7-16-3;/h8-10,14H,4-7,12H2,1-3H3,(H,13,15);1H. The van der Waals surface area contributed by atoms with Crippen LogP contribution >= 0.6 is 12.4 Å². The summed E-state index contributed by atoms with van der Waals surface area (Å²) in [5.41, 5.74) is 5.75. The number of carbonyl (C=O) groups excluding carboxylic acids is 1. The molecule has 0 bridgehead atoms. The van der Waals surface area contributed by atoms with Crippen LogP contribution in [0.25, 0.3) is 0 Å². The van der Waals surface area contributed by atoms with Gasteiger partial charge in [-0.1, -0.05) is 20.3 Å². The Morgan fingerprint density at radius 3 is 2.59 bits per heavy atom. The van der Waals surface area contributed by atoms with Crippen molar-refractivity contribution >= 4 is 18.3 Å². The van der Waals surface area contributed by atoms with E-state index in [9.17, 15) is 9.90 Å². The van der Waals surface area contributed by atoms with E-state index in [0.717, 1.165) is 6.42 Å². The molecule has 0 saturated heterocycles. The Morgan fingerprint density at radius 2 is 2.12 bits per heavy atom. The average Bonchev–Trinajstić information content (AvgIpc) is 2.27. The van der Waals surface area contributed by atoms with Crippen molar-refractivity contribution in [1.82, 2.24) is 5.32 Å². The molecule has 0 aromatic rings. The van der Waals surface area contributed by atoms with Gasteiger partial charge in [0, 0.05) is 13.7 Å². The van der Waals surface area contributed by atoms with Gasteiger partial charge in [-0.3, -0.25) is 4.79 Å². The van der Waals surface area contributed by atoms with Gasteiger partial charge in [-0.15, -0.1) is 12.4 Å². The average molecular weight is 269 g/mol. The second kappa shape index (κ2) is 10.8. The molecule has 0 heterocycles. The highest BCUT2D eigenvalue weighted by Gasteiger charge is 2.18. The molecule has 1 amide bonds. The van der Waals surface area contributed by atoms with Crippen molar-refractivity contribution in [2.45, 2.75) is 38.8 Å². The van der Waals surface area contributed by atoms with E-state index in [2.05, 4.69) is 5.32 Å². The second-order valence-corrected chi connectivity index (χ2v) is 4.10. The number of hydrogen-bond acceptors (Lipinski definition) is 4. The summed E-state index contributed by atoms with van der Waals surface area (Å²) in [5, 5.41) is 12.1. The number of rotatable bonds is 8. The summed E-state index contributed by atoms with van der Waals surface area (Å²) in [4.78, 5) is 11.5. The van der Waals surface area contributed by atoms with Crippen molar-refractivity contribution in [3.63, 3.8) is 0 Å². The van der Waals surface area contributed by atoms with E-state index in [1.165, 1.54) is 7.11 Å². The maximum absolute atomic E-state index is 11.5. The number of ether oxygens (including phenoxy) is 1. The van der Waals surface area contributed by atoms with Crippen LogP contribution in [0, 0.1) is 5.92 Å². The molecule has 0 aliphatic rings. The van der Waals surface area contributed by atoms with Gasteiger partial charge in [0.2, 0.25) is 5.91 Å². The zero-order chi connectivity index (χ0) is 12.6. The number of nitrogens with two attached hydrogens (primary N) is 1. The molecule has 0 fully saturated rings. The van der Waals surface area contributed by atoms with Gasteiger partial charge in [0.1, 0.15) is 0 Å². The van der Waals surface area contributed by atoms with Gasteiger partial charge >= 0.3 is 0 Å². The predicted octanol–water partition coefficient (Wildman–Crippen LogP) is 0.295. The lowest BCUT2D eigenvalue weighted by Crippen LogP contribution is -2.45. The molecule has 17 heavy (non-hydrogen) atoms. The van der Waals surface area contributed by atoms with E-state index >= 15 is 0 Å². The first-order valence-electron chi connectivity index (χ1n) is 5.73. The van der Waals surface area contributed by atoms with E-state index in [1.54, 1.807) is 0 Å². The molecule has 104 valence electrons. The number of hydrogen-bond donors (Lipinski definition) is 3. The van der Waals surface area contributed by atoms with Crippen molar-refractivity contribution in [3.05, 3.63) is 0 Å².